The van der Waals surface area contributed by atoms with E-state index < -0.39 is 0 Å². The van der Waals surface area contributed by atoms with Crippen LogP contribution >= 0.6 is 0 Å². The van der Waals surface area contributed by atoms with Crippen molar-refractivity contribution in [2.24, 2.45) is 0 Å². The molecule has 1 aliphatic carbocycles. The summed E-state index contributed by atoms with van der Waals surface area (Å²) >= 11 is 0. The van der Waals surface area contributed by atoms with E-state index in [-0.39, 0.29) is 16.7 Å². The number of nitro groups is 1. The Hall–Kier alpha value is -3.27. The summed E-state index contributed by atoms with van der Waals surface area (Å²) in [7, 11) is 0. The van der Waals surface area contributed by atoms with E-state index in [0.29, 0.717) is 5.92 Å². The maximum absolute atomic E-state index is 10.9. The van der Waals surface area contributed by atoms with Crippen molar-refractivity contribution in [2.75, 3.05) is 5.32 Å². The molecule has 0 bridgehead atoms. The van der Waals surface area contributed by atoms with Crippen LogP contribution in [0.15, 0.2) is 72.8 Å². The second kappa shape index (κ2) is 6.80. The van der Waals surface area contributed by atoms with Gasteiger partial charge in [0, 0.05) is 30.0 Å². The Bertz CT molecular complexity index is 896. The van der Waals surface area contributed by atoms with Crippen molar-refractivity contribution in [1.29, 1.82) is 0 Å². The van der Waals surface area contributed by atoms with Gasteiger partial charge in [-0.05, 0) is 49.2 Å². The molecule has 2 unspecified atom stereocenters. The third-order valence-corrected chi connectivity index (χ3v) is 5.12. The number of hydrogen-bond donors (Lipinski definition) is 1. The number of non-ortho nitro benzene ring substituents is 1. The molecule has 1 fully saturated rings. The van der Waals surface area contributed by atoms with E-state index in [2.05, 4.69) is 67.7 Å². The summed E-state index contributed by atoms with van der Waals surface area (Å²) in [5.41, 5.74) is 6.02. The average Bonchev–Trinajstić information content (AvgIpc) is 3.37. The Morgan fingerprint density at radius 3 is 1.96 bits per heavy atom. The van der Waals surface area contributed by atoms with Crippen LogP contribution in [0.3, 0.4) is 0 Å². The van der Waals surface area contributed by atoms with Gasteiger partial charge in [0.25, 0.3) is 5.69 Å². The highest BCUT2D eigenvalue weighted by Gasteiger charge is 2.58. The van der Waals surface area contributed by atoms with Crippen molar-refractivity contribution in [3.8, 4) is 0 Å². The summed E-state index contributed by atoms with van der Waals surface area (Å²) in [6.07, 6.45) is 0. The Balaban J connectivity index is 1.60. The number of nitrogens with one attached hydrogen (secondary N) is 1. The molecular formula is C23H21N2O2+. The maximum Gasteiger partial charge on any atom is 0.269 e. The Morgan fingerprint density at radius 1 is 0.852 bits per heavy atom. The number of benzene rings is 3. The zero-order chi connectivity index (χ0) is 19.0. The van der Waals surface area contributed by atoms with Crippen molar-refractivity contribution in [3.63, 3.8) is 0 Å². The zero-order valence-electron chi connectivity index (χ0n) is 15.3. The van der Waals surface area contributed by atoms with Gasteiger partial charge in [0.05, 0.1) is 16.8 Å². The molecule has 0 amide bonds. The quantitative estimate of drug-likeness (QED) is 0.377. The van der Waals surface area contributed by atoms with Gasteiger partial charge in [-0.2, -0.15) is 0 Å². The van der Waals surface area contributed by atoms with Gasteiger partial charge in [-0.25, -0.2) is 0 Å². The number of aryl methyl sites for hydroxylation is 2. The number of anilines is 1. The van der Waals surface area contributed by atoms with Crippen molar-refractivity contribution >= 4 is 11.4 Å². The Kier molecular flexibility index (Phi) is 4.32. The van der Waals surface area contributed by atoms with Crippen molar-refractivity contribution < 1.29 is 4.92 Å². The van der Waals surface area contributed by atoms with E-state index in [4.69, 9.17) is 0 Å². The first-order valence-electron chi connectivity index (χ1n) is 9.04. The molecule has 0 saturated heterocycles. The van der Waals surface area contributed by atoms with Crippen LogP contribution in [0.1, 0.15) is 28.2 Å². The van der Waals surface area contributed by atoms with Crippen molar-refractivity contribution in [2.45, 2.75) is 25.8 Å². The molecule has 3 aromatic rings. The van der Waals surface area contributed by atoms with Crippen molar-refractivity contribution in [3.05, 3.63) is 111 Å². The van der Waals surface area contributed by atoms with Crippen LogP contribution in [0, 0.1) is 29.9 Å². The summed E-state index contributed by atoms with van der Waals surface area (Å²) in [4.78, 5) is 10.5. The molecule has 4 heteroatoms. The van der Waals surface area contributed by atoms with Crippen LogP contribution in [-0.4, -0.2) is 11.0 Å². The SMILES string of the molecule is Cc1ccc([C+]2C(Nc3ccc([N+](=O)[O-])cc3)C2c2ccc(C)cc2)cc1. The molecule has 1 aliphatic rings. The van der Waals surface area contributed by atoms with Gasteiger partial charge in [0.2, 0.25) is 0 Å². The summed E-state index contributed by atoms with van der Waals surface area (Å²) in [5.74, 6) is 1.67. The topological polar surface area (TPSA) is 55.2 Å². The van der Waals surface area contributed by atoms with Crippen LogP contribution in [0.5, 0.6) is 0 Å². The molecule has 0 heterocycles. The van der Waals surface area contributed by atoms with Gasteiger partial charge in [-0.1, -0.05) is 29.8 Å². The molecule has 1 saturated carbocycles. The fourth-order valence-electron chi connectivity index (χ4n) is 3.53. The molecule has 0 aromatic heterocycles. The molecule has 2 atom stereocenters. The molecule has 4 rings (SSSR count). The lowest BCUT2D eigenvalue weighted by molar-refractivity contribution is -0.384. The van der Waals surface area contributed by atoms with Gasteiger partial charge in [0.1, 0.15) is 11.6 Å². The third-order valence-electron chi connectivity index (χ3n) is 5.12. The fraction of sp³-hybridized carbons (Fsp3) is 0.174. The van der Waals surface area contributed by atoms with E-state index >= 15 is 0 Å². The third kappa shape index (κ3) is 3.51. The second-order valence-corrected chi connectivity index (χ2v) is 7.14. The highest BCUT2D eigenvalue weighted by Crippen LogP contribution is 2.55. The predicted molar refractivity (Wildman–Crippen MR) is 108 cm³/mol. The van der Waals surface area contributed by atoms with E-state index in [0.717, 1.165) is 5.69 Å². The van der Waals surface area contributed by atoms with Gasteiger partial charge in [-0.3, -0.25) is 10.1 Å². The van der Waals surface area contributed by atoms with E-state index in [1.54, 1.807) is 12.1 Å². The Morgan fingerprint density at radius 2 is 1.41 bits per heavy atom. The molecule has 0 aliphatic heterocycles. The van der Waals surface area contributed by atoms with Gasteiger partial charge < -0.3 is 5.32 Å². The first-order chi connectivity index (χ1) is 13.0. The minimum atomic E-state index is -0.375. The lowest BCUT2D eigenvalue weighted by atomic mass is 10.0. The lowest BCUT2D eigenvalue weighted by Gasteiger charge is -2.04. The second-order valence-electron chi connectivity index (χ2n) is 7.14. The molecule has 27 heavy (non-hydrogen) atoms. The van der Waals surface area contributed by atoms with Gasteiger partial charge >= 0.3 is 0 Å². The average molecular weight is 357 g/mol. The lowest BCUT2D eigenvalue weighted by Crippen LogP contribution is -2.06. The molecule has 1 N–H and O–H groups in total. The molecule has 134 valence electrons. The monoisotopic (exact) mass is 357 g/mol. The molecule has 0 spiro atoms. The smallest absolute Gasteiger partial charge is 0.269 e. The number of rotatable bonds is 5. The fourth-order valence-corrected chi connectivity index (χ4v) is 3.53. The number of nitro benzene ring substituents is 1. The van der Waals surface area contributed by atoms with Gasteiger partial charge in [-0.15, -0.1) is 0 Å². The molecule has 4 nitrogen and oxygen atoms in total. The molecule has 0 radical (unpaired) electrons. The Labute approximate surface area is 159 Å². The number of hydrogen-bond acceptors (Lipinski definition) is 3. The van der Waals surface area contributed by atoms with Crippen LogP contribution in [0.4, 0.5) is 11.4 Å². The largest absolute Gasteiger partial charge is 0.366 e. The highest BCUT2D eigenvalue weighted by molar-refractivity contribution is 5.63. The standard InChI is InChI=1S/C23H21N2O2/c1-15-3-7-17(8-4-15)21-22(18-9-5-16(2)6-10-18)23(21)24-19-11-13-20(14-12-19)25(26)27/h3-14,21,23-24H,1-2H3/q+1. The first kappa shape index (κ1) is 17.2. The normalized spacial score (nSPS) is 18.2. The minimum Gasteiger partial charge on any atom is -0.366 e. The van der Waals surface area contributed by atoms with E-state index in [9.17, 15) is 10.1 Å². The summed E-state index contributed by atoms with van der Waals surface area (Å²) in [5, 5.41) is 14.4. The maximum atomic E-state index is 10.9. The summed E-state index contributed by atoms with van der Waals surface area (Å²) in [6, 6.07) is 24.1. The van der Waals surface area contributed by atoms with Crippen LogP contribution < -0.4 is 5.32 Å². The summed E-state index contributed by atoms with van der Waals surface area (Å²) < 4.78 is 0. The highest BCUT2D eigenvalue weighted by atomic mass is 16.6. The van der Waals surface area contributed by atoms with E-state index in [1.807, 2.05) is 0 Å². The molecule has 3 aromatic carbocycles. The zero-order valence-corrected chi connectivity index (χ0v) is 15.3. The summed E-state index contributed by atoms with van der Waals surface area (Å²) in [6.45, 7) is 4.18. The van der Waals surface area contributed by atoms with E-state index in [1.165, 1.54) is 40.3 Å². The van der Waals surface area contributed by atoms with Gasteiger partial charge in [0.15, 0.2) is 0 Å². The minimum absolute atomic E-state index is 0.106. The molecular weight excluding hydrogens is 336 g/mol. The van der Waals surface area contributed by atoms with Crippen LogP contribution in [0.25, 0.3) is 0 Å². The van der Waals surface area contributed by atoms with Crippen molar-refractivity contribution in [1.82, 2.24) is 0 Å². The van der Waals surface area contributed by atoms with Crippen LogP contribution in [0.2, 0.25) is 0 Å². The van der Waals surface area contributed by atoms with Crippen LogP contribution in [-0.2, 0) is 0 Å². The number of nitrogens with zero attached hydrogens (tertiary/aromatic N) is 1. The first-order valence-corrected chi connectivity index (χ1v) is 9.04. The predicted octanol–water partition coefficient (Wildman–Crippen LogP) is 5.41.